The number of carbonyl (C=O) groups is 2. The van der Waals surface area contributed by atoms with Crippen molar-refractivity contribution in [2.24, 2.45) is 0 Å². The van der Waals surface area contributed by atoms with Crippen LogP contribution in [0, 0.1) is 19.7 Å². The third-order valence-corrected chi connectivity index (χ3v) is 5.26. The summed E-state index contributed by atoms with van der Waals surface area (Å²) >= 11 is 0. The van der Waals surface area contributed by atoms with E-state index in [2.05, 4.69) is 5.32 Å². The molecule has 0 saturated heterocycles. The van der Waals surface area contributed by atoms with E-state index in [-0.39, 0.29) is 12.4 Å². The lowest BCUT2D eigenvalue weighted by molar-refractivity contribution is -0.112. The van der Waals surface area contributed by atoms with Crippen LogP contribution < -0.4 is 5.32 Å². The number of ketones is 1. The van der Waals surface area contributed by atoms with E-state index in [1.165, 1.54) is 6.07 Å². The number of halogens is 1. The highest BCUT2D eigenvalue weighted by Crippen LogP contribution is 2.25. The normalized spacial score (nSPS) is 10.9. The summed E-state index contributed by atoms with van der Waals surface area (Å²) in [6.07, 6.45) is 1.63. The molecule has 0 unspecified atom stereocenters. The lowest BCUT2D eigenvalue weighted by Gasteiger charge is -2.10. The third-order valence-electron chi connectivity index (χ3n) is 5.26. The molecular formula is C25H21FN2O2. The van der Waals surface area contributed by atoms with Gasteiger partial charge in [-0.05, 0) is 37.1 Å². The van der Waals surface area contributed by atoms with Gasteiger partial charge in [0.05, 0.1) is 12.1 Å². The molecule has 1 amide bonds. The second kappa shape index (κ2) is 7.95. The van der Waals surface area contributed by atoms with Crippen molar-refractivity contribution >= 4 is 28.3 Å². The van der Waals surface area contributed by atoms with Gasteiger partial charge in [-0.15, -0.1) is 0 Å². The Morgan fingerprint density at radius 1 is 0.900 bits per heavy atom. The summed E-state index contributed by atoms with van der Waals surface area (Å²) in [5, 5.41) is 3.41. The summed E-state index contributed by atoms with van der Waals surface area (Å²) < 4.78 is 15.9. The van der Waals surface area contributed by atoms with E-state index in [9.17, 15) is 14.0 Å². The molecule has 0 atom stereocenters. The molecule has 1 heterocycles. The zero-order valence-corrected chi connectivity index (χ0v) is 16.8. The van der Waals surface area contributed by atoms with Crippen LogP contribution in [0.25, 0.3) is 10.9 Å². The fourth-order valence-corrected chi connectivity index (χ4v) is 3.67. The van der Waals surface area contributed by atoms with Crippen molar-refractivity contribution in [1.29, 1.82) is 0 Å². The Morgan fingerprint density at radius 2 is 1.57 bits per heavy atom. The molecule has 1 N–H and O–H groups in total. The number of nitrogens with one attached hydrogen (secondary N) is 1. The topological polar surface area (TPSA) is 51.1 Å². The van der Waals surface area contributed by atoms with Crippen LogP contribution in [0.4, 0.5) is 10.1 Å². The number of para-hydroxylation sites is 2. The molecule has 0 aliphatic rings. The van der Waals surface area contributed by atoms with E-state index >= 15 is 0 Å². The Bertz CT molecular complexity index is 1250. The average molecular weight is 400 g/mol. The van der Waals surface area contributed by atoms with Gasteiger partial charge in [0.1, 0.15) is 5.82 Å². The largest absolute Gasteiger partial charge is 0.342 e. The van der Waals surface area contributed by atoms with Crippen LogP contribution >= 0.6 is 0 Å². The Kier molecular flexibility index (Phi) is 5.19. The fraction of sp³-hybridized carbons (Fsp3) is 0.120. The van der Waals surface area contributed by atoms with Gasteiger partial charge in [0.2, 0.25) is 0 Å². The maximum absolute atomic E-state index is 14.1. The highest BCUT2D eigenvalue weighted by molar-refractivity contribution is 6.48. The summed E-state index contributed by atoms with van der Waals surface area (Å²) in [6.45, 7) is 4.03. The zero-order chi connectivity index (χ0) is 21.3. The minimum absolute atomic E-state index is 0.263. The van der Waals surface area contributed by atoms with Crippen LogP contribution in [0.1, 0.15) is 27.0 Å². The molecule has 1 aromatic heterocycles. The molecule has 0 saturated carbocycles. The molecule has 4 aromatic rings. The minimum atomic E-state index is -0.693. The first-order chi connectivity index (χ1) is 14.5. The molecule has 0 fully saturated rings. The quantitative estimate of drug-likeness (QED) is 0.367. The van der Waals surface area contributed by atoms with E-state index in [0.29, 0.717) is 22.2 Å². The Balaban J connectivity index is 1.69. The van der Waals surface area contributed by atoms with Gasteiger partial charge in [-0.1, -0.05) is 54.6 Å². The highest BCUT2D eigenvalue weighted by atomic mass is 19.1. The number of hydrogen-bond donors (Lipinski definition) is 1. The van der Waals surface area contributed by atoms with Crippen molar-refractivity contribution in [3.8, 4) is 0 Å². The van der Waals surface area contributed by atoms with Crippen molar-refractivity contribution < 1.29 is 14.0 Å². The first-order valence-corrected chi connectivity index (χ1v) is 9.69. The van der Waals surface area contributed by atoms with E-state index < -0.39 is 11.7 Å². The van der Waals surface area contributed by atoms with E-state index in [0.717, 1.165) is 16.6 Å². The lowest BCUT2D eigenvalue weighted by atomic mass is 10.1. The average Bonchev–Trinajstić information content (AvgIpc) is 3.10. The maximum atomic E-state index is 14.1. The molecule has 0 aliphatic carbocycles. The molecule has 4 rings (SSSR count). The minimum Gasteiger partial charge on any atom is -0.342 e. The first-order valence-electron chi connectivity index (χ1n) is 9.69. The van der Waals surface area contributed by atoms with E-state index in [4.69, 9.17) is 0 Å². The number of aryl methyl sites for hydroxylation is 2. The molecule has 4 nitrogen and oxygen atoms in total. The zero-order valence-electron chi connectivity index (χ0n) is 16.8. The molecule has 30 heavy (non-hydrogen) atoms. The van der Waals surface area contributed by atoms with Crippen molar-refractivity contribution in [1.82, 2.24) is 4.57 Å². The van der Waals surface area contributed by atoms with Gasteiger partial charge < -0.3 is 9.88 Å². The number of aromatic nitrogens is 1. The molecule has 3 aromatic carbocycles. The number of hydrogen-bond acceptors (Lipinski definition) is 2. The first kappa shape index (κ1) is 19.6. The van der Waals surface area contributed by atoms with Crippen LogP contribution in [0.15, 0.2) is 72.9 Å². The number of Topliss-reactive ketones (excluding diaryl/α,β-unsaturated/α-hetero) is 1. The van der Waals surface area contributed by atoms with Crippen molar-refractivity contribution in [2.75, 3.05) is 5.32 Å². The summed E-state index contributed by atoms with van der Waals surface area (Å²) in [4.78, 5) is 25.8. The smallest absolute Gasteiger partial charge is 0.296 e. The van der Waals surface area contributed by atoms with Crippen molar-refractivity contribution in [3.05, 3.63) is 101 Å². The van der Waals surface area contributed by atoms with Gasteiger partial charge in [0, 0.05) is 28.4 Å². The molecule has 0 radical (unpaired) electrons. The summed E-state index contributed by atoms with van der Waals surface area (Å²) in [7, 11) is 0. The molecule has 0 aliphatic heterocycles. The van der Waals surface area contributed by atoms with E-state index in [1.54, 1.807) is 35.0 Å². The van der Waals surface area contributed by atoms with Crippen molar-refractivity contribution in [2.45, 2.75) is 20.4 Å². The van der Waals surface area contributed by atoms with Gasteiger partial charge in [-0.3, -0.25) is 9.59 Å². The van der Waals surface area contributed by atoms with Crippen molar-refractivity contribution in [3.63, 3.8) is 0 Å². The highest BCUT2D eigenvalue weighted by Gasteiger charge is 2.23. The number of carbonyl (C=O) groups excluding carboxylic acids is 2. The van der Waals surface area contributed by atoms with Gasteiger partial charge >= 0.3 is 0 Å². The molecule has 5 heteroatoms. The second-order valence-corrected chi connectivity index (χ2v) is 7.33. The SMILES string of the molecule is Cc1cccc(C)c1NC(=O)C(=O)c1cn(Cc2ccccc2F)c2ccccc12. The number of fused-ring (bicyclic) bond motifs is 1. The van der Waals surface area contributed by atoms with Gasteiger partial charge in [-0.2, -0.15) is 0 Å². The van der Waals surface area contributed by atoms with Gasteiger partial charge in [-0.25, -0.2) is 4.39 Å². The number of nitrogens with zero attached hydrogens (tertiary/aromatic N) is 1. The maximum Gasteiger partial charge on any atom is 0.296 e. The number of benzene rings is 3. The monoisotopic (exact) mass is 400 g/mol. The third kappa shape index (κ3) is 3.62. The van der Waals surface area contributed by atoms with Crippen LogP contribution in [0.3, 0.4) is 0 Å². The summed E-state index contributed by atoms with van der Waals surface area (Å²) in [5.41, 5.74) is 3.99. The predicted molar refractivity (Wildman–Crippen MR) is 116 cm³/mol. The van der Waals surface area contributed by atoms with Gasteiger partial charge in [0.15, 0.2) is 0 Å². The van der Waals surface area contributed by atoms with Crippen LogP contribution in [0.5, 0.6) is 0 Å². The standard InChI is InChI=1S/C25H21FN2O2/c1-16-8-7-9-17(2)23(16)27-25(30)24(29)20-15-28(22-13-6-4-11-19(20)22)14-18-10-3-5-12-21(18)26/h3-13,15H,14H2,1-2H3,(H,27,30). The van der Waals surface area contributed by atoms with Crippen LogP contribution in [-0.2, 0) is 11.3 Å². The number of amides is 1. The van der Waals surface area contributed by atoms with Crippen LogP contribution in [-0.4, -0.2) is 16.3 Å². The Morgan fingerprint density at radius 3 is 2.30 bits per heavy atom. The van der Waals surface area contributed by atoms with E-state index in [1.807, 2.05) is 50.2 Å². The van der Waals surface area contributed by atoms with Gasteiger partial charge in [0.25, 0.3) is 11.7 Å². The van der Waals surface area contributed by atoms with Crippen LogP contribution in [0.2, 0.25) is 0 Å². The summed E-state index contributed by atoms with van der Waals surface area (Å²) in [6, 6.07) is 19.5. The number of anilines is 1. The second-order valence-electron chi connectivity index (χ2n) is 7.33. The Labute approximate surface area is 174 Å². The molecular weight excluding hydrogens is 379 g/mol. The fourth-order valence-electron chi connectivity index (χ4n) is 3.67. The molecule has 0 spiro atoms. The predicted octanol–water partition coefficient (Wildman–Crippen LogP) is 5.27. The molecule has 150 valence electrons. The molecule has 0 bridgehead atoms. The number of rotatable bonds is 5. The lowest BCUT2D eigenvalue weighted by Crippen LogP contribution is -2.23. The Hall–Kier alpha value is -3.73. The summed E-state index contributed by atoms with van der Waals surface area (Å²) in [5.74, 6) is -1.63.